The molecule has 1 atom stereocenters. The number of benzene rings is 1. The molecule has 3 rings (SSSR count). The van der Waals surface area contributed by atoms with Crippen molar-refractivity contribution in [3.8, 4) is 0 Å². The molecule has 0 saturated carbocycles. The van der Waals surface area contributed by atoms with Gasteiger partial charge in [0.15, 0.2) is 0 Å². The fourth-order valence-corrected chi connectivity index (χ4v) is 3.65. The number of anilines is 1. The van der Waals surface area contributed by atoms with Crippen molar-refractivity contribution in [2.24, 2.45) is 0 Å². The van der Waals surface area contributed by atoms with Crippen LogP contribution in [0.4, 0.5) is 5.69 Å². The largest absolute Gasteiger partial charge is 0.347 e. The van der Waals surface area contributed by atoms with Gasteiger partial charge < -0.3 is 15.1 Å². The third-order valence-corrected chi connectivity index (χ3v) is 5.07. The van der Waals surface area contributed by atoms with E-state index in [2.05, 4.69) is 10.2 Å². The molecule has 2 aliphatic rings. The average molecular weight is 358 g/mol. The van der Waals surface area contributed by atoms with Gasteiger partial charge >= 0.3 is 0 Å². The maximum absolute atomic E-state index is 13.0. The second-order valence-electron chi connectivity index (χ2n) is 6.81. The quantitative estimate of drug-likeness (QED) is 0.849. The summed E-state index contributed by atoms with van der Waals surface area (Å²) in [6.07, 6.45) is 1.84. The molecular weight excluding hydrogens is 332 g/mol. The van der Waals surface area contributed by atoms with E-state index in [4.69, 9.17) is 0 Å². The topological polar surface area (TPSA) is 73.0 Å². The lowest BCUT2D eigenvalue weighted by Crippen LogP contribution is -2.59. The number of piperidine rings is 1. The van der Waals surface area contributed by atoms with E-state index in [1.165, 1.54) is 6.92 Å². The van der Waals surface area contributed by atoms with Crippen molar-refractivity contribution in [3.63, 3.8) is 0 Å². The van der Waals surface area contributed by atoms with E-state index in [0.29, 0.717) is 26.2 Å². The summed E-state index contributed by atoms with van der Waals surface area (Å²) in [7, 11) is 0. The summed E-state index contributed by atoms with van der Waals surface area (Å²) in [5.74, 6) is -0.119. The van der Waals surface area contributed by atoms with Gasteiger partial charge in [-0.15, -0.1) is 0 Å². The zero-order valence-electron chi connectivity index (χ0n) is 15.2. The van der Waals surface area contributed by atoms with Gasteiger partial charge in [-0.1, -0.05) is 18.2 Å². The van der Waals surface area contributed by atoms with Crippen LogP contribution in [0.2, 0.25) is 0 Å². The number of hydrogen-bond acceptors (Lipinski definition) is 4. The Hall–Kier alpha value is -2.41. The summed E-state index contributed by atoms with van der Waals surface area (Å²) in [6.45, 7) is 4.75. The summed E-state index contributed by atoms with van der Waals surface area (Å²) < 4.78 is 0. The lowest BCUT2D eigenvalue weighted by Gasteiger charge is -2.42. The third-order valence-electron chi connectivity index (χ3n) is 5.07. The number of nitrogens with one attached hydrogen (secondary N) is 1. The molecule has 7 nitrogen and oxygen atoms in total. The molecule has 1 aromatic carbocycles. The molecular formula is C19H26N4O3. The van der Waals surface area contributed by atoms with E-state index in [9.17, 15) is 14.4 Å². The van der Waals surface area contributed by atoms with Crippen molar-refractivity contribution >= 4 is 23.4 Å². The van der Waals surface area contributed by atoms with Crippen LogP contribution in [0.25, 0.3) is 0 Å². The van der Waals surface area contributed by atoms with Crippen LogP contribution in [0.3, 0.4) is 0 Å². The van der Waals surface area contributed by atoms with Crippen molar-refractivity contribution < 1.29 is 14.4 Å². The molecule has 26 heavy (non-hydrogen) atoms. The van der Waals surface area contributed by atoms with Crippen molar-refractivity contribution in [3.05, 3.63) is 30.3 Å². The minimum absolute atomic E-state index is 0.0411. The van der Waals surface area contributed by atoms with Gasteiger partial charge in [0.05, 0.1) is 12.6 Å². The van der Waals surface area contributed by atoms with Crippen molar-refractivity contribution in [1.82, 2.24) is 15.1 Å². The molecule has 2 saturated heterocycles. The second kappa shape index (κ2) is 8.31. The standard InChI is InChI=1S/C19H26N4O3/c1-15(24)20-14-18(25)22-12-10-21(11-13-22)17-8-5-9-23(19(17)26)16-6-3-2-4-7-16/h2-4,6-7,17H,5,8-14H2,1H3,(H,20,24)/t17-/m0/s1. The molecule has 3 amide bonds. The number of rotatable bonds is 4. The van der Waals surface area contributed by atoms with Gasteiger partial charge in [-0.05, 0) is 25.0 Å². The first-order valence-corrected chi connectivity index (χ1v) is 9.19. The van der Waals surface area contributed by atoms with Gasteiger partial charge in [-0.25, -0.2) is 0 Å². The minimum Gasteiger partial charge on any atom is -0.347 e. The van der Waals surface area contributed by atoms with Crippen LogP contribution >= 0.6 is 0 Å². The van der Waals surface area contributed by atoms with Gasteiger partial charge in [0.1, 0.15) is 0 Å². The van der Waals surface area contributed by atoms with Crippen LogP contribution < -0.4 is 10.2 Å². The molecule has 0 radical (unpaired) electrons. The zero-order chi connectivity index (χ0) is 18.5. The van der Waals surface area contributed by atoms with E-state index in [1.54, 1.807) is 4.90 Å². The van der Waals surface area contributed by atoms with Crippen molar-refractivity contribution in [1.29, 1.82) is 0 Å². The molecule has 0 spiro atoms. The van der Waals surface area contributed by atoms with Crippen LogP contribution in [-0.2, 0) is 14.4 Å². The highest BCUT2D eigenvalue weighted by Crippen LogP contribution is 2.24. The lowest BCUT2D eigenvalue weighted by atomic mass is 10.0. The number of para-hydroxylation sites is 1. The Morgan fingerprint density at radius 3 is 2.42 bits per heavy atom. The number of hydrogen-bond donors (Lipinski definition) is 1. The molecule has 1 aromatic rings. The number of nitrogens with zero attached hydrogens (tertiary/aromatic N) is 3. The monoisotopic (exact) mass is 358 g/mol. The highest BCUT2D eigenvalue weighted by Gasteiger charge is 2.35. The third kappa shape index (κ3) is 4.22. The number of carbonyl (C=O) groups is 3. The molecule has 0 bridgehead atoms. The molecule has 140 valence electrons. The summed E-state index contributed by atoms with van der Waals surface area (Å²) in [5, 5.41) is 2.54. The van der Waals surface area contributed by atoms with Gasteiger partial charge in [0.2, 0.25) is 17.7 Å². The lowest BCUT2D eigenvalue weighted by molar-refractivity contribution is -0.135. The van der Waals surface area contributed by atoms with Gasteiger partial charge in [-0.2, -0.15) is 0 Å². The summed E-state index contributed by atoms with van der Waals surface area (Å²) in [4.78, 5) is 41.9. The normalized spacial score (nSPS) is 21.6. The Bertz CT molecular complexity index is 656. The Balaban J connectivity index is 1.56. The van der Waals surface area contributed by atoms with Crippen LogP contribution in [0.15, 0.2) is 30.3 Å². The molecule has 2 fully saturated rings. The van der Waals surface area contributed by atoms with E-state index in [-0.39, 0.29) is 30.3 Å². The number of carbonyl (C=O) groups excluding carboxylic acids is 3. The Kier molecular flexibility index (Phi) is 5.88. The highest BCUT2D eigenvalue weighted by atomic mass is 16.2. The average Bonchev–Trinajstić information content (AvgIpc) is 2.67. The van der Waals surface area contributed by atoms with E-state index in [0.717, 1.165) is 25.1 Å². The van der Waals surface area contributed by atoms with Crippen molar-refractivity contribution in [2.75, 3.05) is 44.2 Å². The molecule has 1 N–H and O–H groups in total. The molecule has 0 aliphatic carbocycles. The molecule has 2 aliphatic heterocycles. The fraction of sp³-hybridized carbons (Fsp3) is 0.526. The second-order valence-corrected chi connectivity index (χ2v) is 6.81. The Morgan fingerprint density at radius 1 is 1.08 bits per heavy atom. The highest BCUT2D eigenvalue weighted by molar-refractivity contribution is 5.98. The van der Waals surface area contributed by atoms with E-state index >= 15 is 0 Å². The zero-order valence-corrected chi connectivity index (χ0v) is 15.2. The number of piperazine rings is 1. The molecule has 0 aromatic heterocycles. The van der Waals surface area contributed by atoms with Crippen LogP contribution in [0, 0.1) is 0 Å². The van der Waals surface area contributed by atoms with Crippen LogP contribution in [0.5, 0.6) is 0 Å². The van der Waals surface area contributed by atoms with Gasteiger partial charge in [0, 0.05) is 45.3 Å². The van der Waals surface area contributed by atoms with Gasteiger partial charge in [-0.3, -0.25) is 19.3 Å². The molecule has 7 heteroatoms. The van der Waals surface area contributed by atoms with E-state index < -0.39 is 0 Å². The molecule has 0 unspecified atom stereocenters. The smallest absolute Gasteiger partial charge is 0.244 e. The van der Waals surface area contributed by atoms with Crippen LogP contribution in [-0.4, -0.2) is 72.8 Å². The van der Waals surface area contributed by atoms with Crippen LogP contribution in [0.1, 0.15) is 19.8 Å². The predicted octanol–water partition coefficient (Wildman–Crippen LogP) is 0.462. The summed E-state index contributed by atoms with van der Waals surface area (Å²) in [5.41, 5.74) is 0.950. The van der Waals surface area contributed by atoms with Crippen molar-refractivity contribution in [2.45, 2.75) is 25.8 Å². The predicted molar refractivity (Wildman–Crippen MR) is 98.7 cm³/mol. The summed E-state index contributed by atoms with van der Waals surface area (Å²) >= 11 is 0. The summed E-state index contributed by atoms with van der Waals surface area (Å²) in [6, 6.07) is 9.68. The maximum atomic E-state index is 13.0. The minimum atomic E-state index is -0.203. The Labute approximate surface area is 153 Å². The first-order chi connectivity index (χ1) is 12.6. The fourth-order valence-electron chi connectivity index (χ4n) is 3.65. The first kappa shape index (κ1) is 18.4. The first-order valence-electron chi connectivity index (χ1n) is 9.19. The maximum Gasteiger partial charge on any atom is 0.244 e. The Morgan fingerprint density at radius 2 is 1.77 bits per heavy atom. The van der Waals surface area contributed by atoms with E-state index in [1.807, 2.05) is 35.2 Å². The molecule has 2 heterocycles. The van der Waals surface area contributed by atoms with Gasteiger partial charge in [0.25, 0.3) is 0 Å². The number of amides is 3. The SMILES string of the molecule is CC(=O)NCC(=O)N1CCN([C@H]2CCCN(c3ccccc3)C2=O)CC1.